The molecule has 0 aliphatic carbocycles. The van der Waals surface area contributed by atoms with E-state index in [0.29, 0.717) is 0 Å². The van der Waals surface area contributed by atoms with E-state index >= 15 is 0 Å². The molecule has 0 fully saturated rings. The average Bonchev–Trinajstić information content (AvgIpc) is 2.39. The summed E-state index contributed by atoms with van der Waals surface area (Å²) in [5.74, 6) is -0.317. The second-order valence-corrected chi connectivity index (χ2v) is 3.73. The minimum atomic E-state index is -4.46. The van der Waals surface area contributed by atoms with Crippen LogP contribution in [0.5, 0.6) is 5.75 Å². The lowest BCUT2D eigenvalue weighted by atomic mass is 10.2. The van der Waals surface area contributed by atoms with E-state index in [2.05, 4.69) is 5.16 Å². The van der Waals surface area contributed by atoms with Crippen molar-refractivity contribution in [1.29, 1.82) is 0 Å². The minimum Gasteiger partial charge on any atom is -0.356 e. The summed E-state index contributed by atoms with van der Waals surface area (Å²) in [5, 5.41) is 3.56. The van der Waals surface area contributed by atoms with Crippen LogP contribution in [0.4, 0.5) is 13.2 Å². The van der Waals surface area contributed by atoms with Crippen molar-refractivity contribution in [3.05, 3.63) is 65.7 Å². The third-order valence-electron chi connectivity index (χ3n) is 2.34. The third kappa shape index (κ3) is 3.58. The van der Waals surface area contributed by atoms with Gasteiger partial charge in [-0.3, -0.25) is 0 Å². The number of benzene rings is 2. The lowest BCUT2D eigenvalue weighted by Gasteiger charge is -2.09. The first-order valence-corrected chi connectivity index (χ1v) is 5.49. The van der Waals surface area contributed by atoms with Crippen LogP contribution >= 0.6 is 0 Å². The highest BCUT2D eigenvalue weighted by Crippen LogP contribution is 2.35. The Morgan fingerprint density at radius 3 is 2.21 bits per heavy atom. The van der Waals surface area contributed by atoms with Crippen molar-refractivity contribution >= 4 is 6.21 Å². The molecule has 0 amide bonds. The number of halogens is 3. The largest absolute Gasteiger partial charge is 0.420 e. The molecule has 0 atom stereocenters. The van der Waals surface area contributed by atoms with Gasteiger partial charge in [0.25, 0.3) is 0 Å². The first-order valence-electron chi connectivity index (χ1n) is 5.49. The summed E-state index contributed by atoms with van der Waals surface area (Å²) in [6, 6.07) is 13.9. The van der Waals surface area contributed by atoms with E-state index in [9.17, 15) is 13.2 Å². The number of nitrogens with zero attached hydrogens (tertiary/aromatic N) is 1. The molecular formula is C14H10F3NO. The summed E-state index contributed by atoms with van der Waals surface area (Å²) >= 11 is 0. The first kappa shape index (κ1) is 13.1. The monoisotopic (exact) mass is 265 g/mol. The molecule has 98 valence electrons. The molecule has 2 aromatic rings. The molecule has 0 heterocycles. The second-order valence-electron chi connectivity index (χ2n) is 3.73. The van der Waals surface area contributed by atoms with Crippen LogP contribution in [0.3, 0.4) is 0 Å². The van der Waals surface area contributed by atoms with Crippen molar-refractivity contribution in [1.82, 2.24) is 0 Å². The SMILES string of the molecule is FC(F)(F)c1ccccc1O/N=C/c1ccccc1. The van der Waals surface area contributed by atoms with Crippen LogP contribution in [0.1, 0.15) is 11.1 Å². The topological polar surface area (TPSA) is 21.6 Å². The van der Waals surface area contributed by atoms with E-state index in [4.69, 9.17) is 4.84 Å². The maximum Gasteiger partial charge on any atom is 0.420 e. The van der Waals surface area contributed by atoms with E-state index < -0.39 is 11.7 Å². The van der Waals surface area contributed by atoms with Crippen LogP contribution in [0.2, 0.25) is 0 Å². The van der Waals surface area contributed by atoms with Gasteiger partial charge in [-0.2, -0.15) is 13.2 Å². The molecule has 2 aromatic carbocycles. The molecule has 2 rings (SSSR count). The molecule has 2 nitrogen and oxygen atoms in total. The molecule has 0 aliphatic rings. The predicted octanol–water partition coefficient (Wildman–Crippen LogP) is 4.12. The number of hydrogen-bond donors (Lipinski definition) is 0. The Morgan fingerprint density at radius 1 is 0.895 bits per heavy atom. The van der Waals surface area contributed by atoms with Gasteiger partial charge in [-0.05, 0) is 17.7 Å². The fourth-order valence-electron chi connectivity index (χ4n) is 1.46. The minimum absolute atomic E-state index is 0.317. The fraction of sp³-hybridized carbons (Fsp3) is 0.0714. The Kier molecular flexibility index (Phi) is 3.85. The van der Waals surface area contributed by atoms with Gasteiger partial charge < -0.3 is 4.84 Å². The Labute approximate surface area is 108 Å². The van der Waals surface area contributed by atoms with Gasteiger partial charge >= 0.3 is 6.18 Å². The first-order chi connectivity index (χ1) is 9.07. The van der Waals surface area contributed by atoms with E-state index in [1.54, 1.807) is 24.3 Å². The standard InChI is InChI=1S/C14H10F3NO/c15-14(16,17)12-8-4-5-9-13(12)19-18-10-11-6-2-1-3-7-11/h1-10H/b18-10+. The Hall–Kier alpha value is -2.30. The van der Waals surface area contributed by atoms with Crippen molar-refractivity contribution in [3.63, 3.8) is 0 Å². The molecule has 0 spiro atoms. The quantitative estimate of drug-likeness (QED) is 0.604. The zero-order valence-corrected chi connectivity index (χ0v) is 9.76. The van der Waals surface area contributed by atoms with Gasteiger partial charge in [0.2, 0.25) is 0 Å². The normalized spacial score (nSPS) is 11.7. The molecule has 0 N–H and O–H groups in total. The van der Waals surface area contributed by atoms with Crippen LogP contribution in [-0.4, -0.2) is 6.21 Å². The molecule has 0 aromatic heterocycles. The maximum atomic E-state index is 12.7. The second kappa shape index (κ2) is 5.56. The number of oxime groups is 1. The van der Waals surface area contributed by atoms with Gasteiger partial charge in [0, 0.05) is 0 Å². The van der Waals surface area contributed by atoms with Crippen LogP contribution in [0, 0.1) is 0 Å². The summed E-state index contributed by atoms with van der Waals surface area (Å²) in [4.78, 5) is 4.82. The number of alkyl halides is 3. The predicted molar refractivity (Wildman–Crippen MR) is 66.1 cm³/mol. The number of hydrogen-bond acceptors (Lipinski definition) is 2. The molecule has 0 bridgehead atoms. The maximum absolute atomic E-state index is 12.7. The number of para-hydroxylation sites is 1. The van der Waals surface area contributed by atoms with Crippen molar-refractivity contribution in [2.75, 3.05) is 0 Å². The summed E-state index contributed by atoms with van der Waals surface area (Å²) in [6.45, 7) is 0. The van der Waals surface area contributed by atoms with Gasteiger partial charge in [-0.25, -0.2) is 0 Å². The van der Waals surface area contributed by atoms with E-state index in [0.717, 1.165) is 11.6 Å². The number of rotatable bonds is 3. The van der Waals surface area contributed by atoms with Crippen LogP contribution in [0.15, 0.2) is 59.8 Å². The van der Waals surface area contributed by atoms with E-state index in [-0.39, 0.29) is 5.75 Å². The van der Waals surface area contributed by atoms with E-state index in [1.807, 2.05) is 6.07 Å². The van der Waals surface area contributed by atoms with Crippen molar-refractivity contribution in [2.24, 2.45) is 5.16 Å². The van der Waals surface area contributed by atoms with Crippen molar-refractivity contribution < 1.29 is 18.0 Å². The van der Waals surface area contributed by atoms with Crippen LogP contribution < -0.4 is 4.84 Å². The molecule has 19 heavy (non-hydrogen) atoms. The molecule has 0 unspecified atom stereocenters. The fourth-order valence-corrected chi connectivity index (χ4v) is 1.46. The molecule has 0 aliphatic heterocycles. The van der Waals surface area contributed by atoms with Gasteiger partial charge in [0.05, 0.1) is 6.21 Å². The van der Waals surface area contributed by atoms with E-state index in [1.165, 1.54) is 24.4 Å². The highest BCUT2D eigenvalue weighted by atomic mass is 19.4. The van der Waals surface area contributed by atoms with Gasteiger partial charge in [0.15, 0.2) is 5.75 Å². The van der Waals surface area contributed by atoms with Crippen LogP contribution in [0.25, 0.3) is 0 Å². The summed E-state index contributed by atoms with van der Waals surface area (Å²) < 4.78 is 38.0. The Bertz CT molecular complexity index is 564. The molecule has 0 saturated carbocycles. The zero-order valence-electron chi connectivity index (χ0n) is 9.76. The average molecular weight is 265 g/mol. The third-order valence-corrected chi connectivity index (χ3v) is 2.34. The highest BCUT2D eigenvalue weighted by Gasteiger charge is 2.34. The van der Waals surface area contributed by atoms with Gasteiger partial charge in [0.1, 0.15) is 5.56 Å². The Balaban J connectivity index is 2.14. The van der Waals surface area contributed by atoms with Gasteiger partial charge in [-0.1, -0.05) is 47.6 Å². The molecule has 5 heteroatoms. The lowest BCUT2D eigenvalue weighted by Crippen LogP contribution is -2.06. The summed E-state index contributed by atoms with van der Waals surface area (Å²) in [6.07, 6.45) is -3.11. The highest BCUT2D eigenvalue weighted by molar-refractivity contribution is 5.78. The molecule has 0 saturated heterocycles. The van der Waals surface area contributed by atoms with Crippen molar-refractivity contribution in [2.45, 2.75) is 6.18 Å². The summed E-state index contributed by atoms with van der Waals surface area (Å²) in [7, 11) is 0. The van der Waals surface area contributed by atoms with Gasteiger partial charge in [-0.15, -0.1) is 0 Å². The lowest BCUT2D eigenvalue weighted by molar-refractivity contribution is -0.138. The van der Waals surface area contributed by atoms with Crippen molar-refractivity contribution in [3.8, 4) is 5.75 Å². The molecular weight excluding hydrogens is 255 g/mol. The zero-order chi connectivity index (χ0) is 13.7. The molecule has 0 radical (unpaired) electrons. The summed E-state index contributed by atoms with van der Waals surface area (Å²) in [5.41, 5.74) is -0.104. The Morgan fingerprint density at radius 2 is 1.53 bits per heavy atom. The smallest absolute Gasteiger partial charge is 0.356 e. The van der Waals surface area contributed by atoms with Crippen LogP contribution in [-0.2, 0) is 6.18 Å².